The smallest absolute Gasteiger partial charge is 0.335 e. The third-order valence-corrected chi connectivity index (χ3v) is 7.46. The Morgan fingerprint density at radius 1 is 1.08 bits per heavy atom. The first kappa shape index (κ1) is 25.3. The maximum Gasteiger partial charge on any atom is 0.335 e. The van der Waals surface area contributed by atoms with Crippen LogP contribution in [0.15, 0.2) is 59.3 Å². The lowest BCUT2D eigenvalue weighted by Crippen LogP contribution is -2.01. The normalized spacial score (nSPS) is 12.8. The number of halogens is 3. The summed E-state index contributed by atoms with van der Waals surface area (Å²) < 4.78 is 11.9. The van der Waals surface area contributed by atoms with Gasteiger partial charge >= 0.3 is 5.97 Å². The van der Waals surface area contributed by atoms with Crippen LogP contribution in [0.1, 0.15) is 51.6 Å². The zero-order chi connectivity index (χ0) is 27.1. The number of nitrogens with zero attached hydrogens (tertiary/aromatic N) is 2. The summed E-state index contributed by atoms with van der Waals surface area (Å²) >= 11 is 19.6. The minimum Gasteiger partial charge on any atom is -0.487 e. The lowest BCUT2D eigenvalue weighted by molar-refractivity contribution is 0.0697. The van der Waals surface area contributed by atoms with Crippen LogP contribution in [0.25, 0.3) is 22.2 Å². The van der Waals surface area contributed by atoms with Crippen LogP contribution in [0, 0.1) is 11.8 Å². The molecule has 1 saturated carbocycles. The molecule has 0 bridgehead atoms. The van der Waals surface area contributed by atoms with E-state index in [1.807, 2.05) is 0 Å². The molecule has 1 aliphatic rings. The van der Waals surface area contributed by atoms with Crippen molar-refractivity contribution in [1.82, 2.24) is 15.4 Å². The summed E-state index contributed by atoms with van der Waals surface area (Å²) in [6, 6.07) is 13.6. The molecular weight excluding hydrogens is 561 g/mol. The van der Waals surface area contributed by atoms with Gasteiger partial charge in [0.15, 0.2) is 0 Å². The number of aromatic nitrogens is 3. The van der Waals surface area contributed by atoms with Gasteiger partial charge in [-0.1, -0.05) is 63.9 Å². The van der Waals surface area contributed by atoms with E-state index in [-0.39, 0.29) is 18.1 Å². The van der Waals surface area contributed by atoms with Crippen molar-refractivity contribution < 1.29 is 19.2 Å². The number of rotatable bonds is 6. The molecule has 39 heavy (non-hydrogen) atoms. The number of hydrogen-bond donors (Lipinski definition) is 2. The van der Waals surface area contributed by atoms with Gasteiger partial charge in [0.2, 0.25) is 0 Å². The Labute approximate surface area is 237 Å². The van der Waals surface area contributed by atoms with Gasteiger partial charge in [0.25, 0.3) is 0 Å². The summed E-state index contributed by atoms with van der Waals surface area (Å²) in [5, 5.41) is 22.5. The van der Waals surface area contributed by atoms with E-state index in [1.54, 1.807) is 42.6 Å². The largest absolute Gasteiger partial charge is 0.487 e. The quantitative estimate of drug-likeness (QED) is 0.200. The molecule has 2 N–H and O–H groups in total. The lowest BCUT2D eigenvalue weighted by Gasteiger charge is -2.11. The first-order valence-corrected chi connectivity index (χ1v) is 13.1. The number of benzene rings is 3. The summed E-state index contributed by atoms with van der Waals surface area (Å²) in [5.41, 5.74) is 3.63. The van der Waals surface area contributed by atoms with E-state index in [0.29, 0.717) is 54.1 Å². The van der Waals surface area contributed by atoms with Crippen LogP contribution >= 0.6 is 34.8 Å². The van der Waals surface area contributed by atoms with E-state index < -0.39 is 5.97 Å². The molecule has 5 aromatic rings. The van der Waals surface area contributed by atoms with Crippen molar-refractivity contribution in [2.24, 2.45) is 0 Å². The van der Waals surface area contributed by atoms with Crippen molar-refractivity contribution in [1.29, 1.82) is 0 Å². The van der Waals surface area contributed by atoms with Gasteiger partial charge in [-0.25, -0.2) is 4.79 Å². The topological polar surface area (TPSA) is 101 Å². The van der Waals surface area contributed by atoms with Crippen molar-refractivity contribution in [2.75, 3.05) is 0 Å². The Morgan fingerprint density at radius 2 is 1.82 bits per heavy atom. The van der Waals surface area contributed by atoms with Crippen LogP contribution in [0.2, 0.25) is 15.1 Å². The maximum atomic E-state index is 11.5. The molecule has 6 rings (SSSR count). The van der Waals surface area contributed by atoms with Gasteiger partial charge in [-0.15, -0.1) is 0 Å². The predicted octanol–water partition coefficient (Wildman–Crippen LogP) is 7.73. The number of ether oxygens (including phenoxy) is 1. The Balaban J connectivity index is 1.32. The Hall–Kier alpha value is -3.96. The highest BCUT2D eigenvalue weighted by Gasteiger charge is 2.33. The summed E-state index contributed by atoms with van der Waals surface area (Å²) in [4.78, 5) is 11.5. The molecular formula is C29H18Cl3N3O4. The summed E-state index contributed by atoms with van der Waals surface area (Å²) in [6.45, 7) is 0.138. The average Bonchev–Trinajstić information content (AvgIpc) is 3.50. The number of fused-ring (bicyclic) bond motifs is 1. The molecule has 1 aliphatic carbocycles. The van der Waals surface area contributed by atoms with Crippen molar-refractivity contribution in [3.8, 4) is 28.8 Å². The second-order valence-corrected chi connectivity index (χ2v) is 10.3. The van der Waals surface area contributed by atoms with Gasteiger partial charge in [-0.3, -0.25) is 5.10 Å². The average molecular weight is 579 g/mol. The van der Waals surface area contributed by atoms with Crippen LogP contribution in [0.5, 0.6) is 5.75 Å². The number of carboxylic acids is 1. The Bertz CT molecular complexity index is 1790. The molecule has 2 heterocycles. The highest BCUT2D eigenvalue weighted by molar-refractivity contribution is 6.39. The summed E-state index contributed by atoms with van der Waals surface area (Å²) in [7, 11) is 0. The molecule has 0 amide bonds. The first-order chi connectivity index (χ1) is 18.9. The van der Waals surface area contributed by atoms with E-state index >= 15 is 0 Å². The van der Waals surface area contributed by atoms with Gasteiger partial charge in [0, 0.05) is 28.0 Å². The Morgan fingerprint density at radius 3 is 2.56 bits per heavy atom. The number of carboxylic acid groups (broad SMARTS) is 1. The molecule has 194 valence electrons. The number of H-pyrrole nitrogens is 1. The molecule has 1 fully saturated rings. The van der Waals surface area contributed by atoms with E-state index in [1.165, 1.54) is 12.1 Å². The molecule has 0 spiro atoms. The second kappa shape index (κ2) is 10.3. The standard InChI is InChI=1S/C29H18Cl3N3O4/c30-21-4-2-5-22(31)25(21)27-20(28(39-35-27)16-8-9-16)14-38-24-6-1-3-15(26(24)32)7-10-17-11-18(29(36)37)12-23-19(17)13-33-34-23/h1-6,11-13,16H,8-9,14H2,(H,33,34)(H,36,37). The van der Waals surface area contributed by atoms with Crippen LogP contribution in [-0.4, -0.2) is 26.4 Å². The van der Waals surface area contributed by atoms with Crippen LogP contribution in [0.4, 0.5) is 0 Å². The van der Waals surface area contributed by atoms with E-state index in [4.69, 9.17) is 44.1 Å². The summed E-state index contributed by atoms with van der Waals surface area (Å²) in [6.07, 6.45) is 3.62. The number of carbonyl (C=O) groups is 1. The van der Waals surface area contributed by atoms with Crippen LogP contribution in [0.3, 0.4) is 0 Å². The minimum atomic E-state index is -1.06. The predicted molar refractivity (Wildman–Crippen MR) is 149 cm³/mol. The highest BCUT2D eigenvalue weighted by Crippen LogP contribution is 2.46. The Kier molecular flexibility index (Phi) is 6.69. The molecule has 0 aliphatic heterocycles. The third kappa shape index (κ3) is 4.95. The van der Waals surface area contributed by atoms with Crippen LogP contribution < -0.4 is 4.74 Å². The zero-order valence-electron chi connectivity index (χ0n) is 20.1. The number of aromatic carboxylic acids is 1. The molecule has 0 saturated heterocycles. The molecule has 2 aromatic heterocycles. The SMILES string of the molecule is O=C(O)c1cc(C#Cc2cccc(OCc3c(-c4c(Cl)cccc4Cl)noc3C3CC3)c2Cl)c2cn[nH]c2c1. The molecule has 0 radical (unpaired) electrons. The number of nitrogens with one attached hydrogen (secondary N) is 1. The first-order valence-electron chi connectivity index (χ1n) is 12.0. The fourth-order valence-electron chi connectivity index (χ4n) is 4.33. The molecule has 7 nitrogen and oxygen atoms in total. The molecule has 3 aromatic carbocycles. The van der Waals surface area contributed by atoms with Gasteiger partial charge in [0.05, 0.1) is 37.9 Å². The van der Waals surface area contributed by atoms with Crippen molar-refractivity contribution >= 4 is 51.7 Å². The van der Waals surface area contributed by atoms with Crippen molar-refractivity contribution in [3.63, 3.8) is 0 Å². The lowest BCUT2D eigenvalue weighted by atomic mass is 10.0. The maximum absolute atomic E-state index is 11.5. The number of aromatic amines is 1. The van der Waals surface area contributed by atoms with Crippen LogP contribution in [-0.2, 0) is 6.61 Å². The van der Waals surface area contributed by atoms with E-state index in [9.17, 15) is 9.90 Å². The highest BCUT2D eigenvalue weighted by atomic mass is 35.5. The molecule has 10 heteroatoms. The fourth-order valence-corrected chi connectivity index (χ4v) is 5.13. The van der Waals surface area contributed by atoms with Gasteiger partial charge in [0.1, 0.15) is 23.8 Å². The monoisotopic (exact) mass is 577 g/mol. The van der Waals surface area contributed by atoms with Gasteiger partial charge in [-0.05, 0) is 49.2 Å². The zero-order valence-corrected chi connectivity index (χ0v) is 22.4. The van der Waals surface area contributed by atoms with E-state index in [0.717, 1.165) is 24.2 Å². The summed E-state index contributed by atoms with van der Waals surface area (Å²) in [5.74, 6) is 6.48. The number of hydrogen-bond acceptors (Lipinski definition) is 5. The second-order valence-electron chi connectivity index (χ2n) is 9.06. The minimum absolute atomic E-state index is 0.105. The van der Waals surface area contributed by atoms with E-state index in [2.05, 4.69) is 27.2 Å². The van der Waals surface area contributed by atoms with Gasteiger partial charge < -0.3 is 14.4 Å². The molecule has 0 unspecified atom stereocenters. The molecule has 0 atom stereocenters. The third-order valence-electron chi connectivity index (χ3n) is 6.44. The van der Waals surface area contributed by atoms with Crippen molar-refractivity contribution in [2.45, 2.75) is 25.4 Å². The van der Waals surface area contributed by atoms with Crippen molar-refractivity contribution in [3.05, 3.63) is 97.8 Å². The van der Waals surface area contributed by atoms with Gasteiger partial charge in [-0.2, -0.15) is 5.10 Å². The fraction of sp³-hybridized carbons (Fsp3) is 0.138.